The average molecular weight is 231 g/mol. The molecule has 1 aliphatic rings. The van der Waals surface area contributed by atoms with Gasteiger partial charge in [0.25, 0.3) is 0 Å². The van der Waals surface area contributed by atoms with Gasteiger partial charge in [0.2, 0.25) is 0 Å². The lowest BCUT2D eigenvalue weighted by atomic mass is 10.1. The number of benzene rings is 1. The maximum Gasteiger partial charge on any atom is 0.153 e. The monoisotopic (exact) mass is 231 g/mol. The molecule has 0 aliphatic carbocycles. The highest BCUT2D eigenvalue weighted by Gasteiger charge is 2.27. The molecular formula is C13H17N3O. The SMILES string of the molecule is CCN(C)C1OCCn2nc3ccccc3c21. The van der Waals surface area contributed by atoms with Crippen LogP contribution in [0.3, 0.4) is 0 Å². The molecule has 1 aliphatic heterocycles. The van der Waals surface area contributed by atoms with Gasteiger partial charge < -0.3 is 4.74 Å². The number of fused-ring (bicyclic) bond motifs is 3. The number of nitrogens with zero attached hydrogens (tertiary/aromatic N) is 3. The van der Waals surface area contributed by atoms with Gasteiger partial charge in [-0.25, -0.2) is 0 Å². The van der Waals surface area contributed by atoms with E-state index >= 15 is 0 Å². The molecule has 0 N–H and O–H groups in total. The lowest BCUT2D eigenvalue weighted by Crippen LogP contribution is -2.33. The molecule has 1 aromatic carbocycles. The summed E-state index contributed by atoms with van der Waals surface area (Å²) in [6, 6.07) is 8.27. The van der Waals surface area contributed by atoms with Crippen LogP contribution in [0.5, 0.6) is 0 Å². The molecule has 2 aromatic rings. The van der Waals surface area contributed by atoms with Crippen molar-refractivity contribution in [1.29, 1.82) is 0 Å². The van der Waals surface area contributed by atoms with Crippen molar-refractivity contribution in [2.45, 2.75) is 19.7 Å². The first-order valence-corrected chi connectivity index (χ1v) is 6.08. The fourth-order valence-electron chi connectivity index (χ4n) is 2.36. The minimum Gasteiger partial charge on any atom is -0.355 e. The van der Waals surface area contributed by atoms with E-state index in [2.05, 4.69) is 46.9 Å². The molecule has 1 atom stereocenters. The highest BCUT2D eigenvalue weighted by molar-refractivity contribution is 5.81. The molecule has 3 rings (SSSR count). The van der Waals surface area contributed by atoms with Crippen LogP contribution in [0.2, 0.25) is 0 Å². The fourth-order valence-corrected chi connectivity index (χ4v) is 2.36. The largest absolute Gasteiger partial charge is 0.355 e. The van der Waals surface area contributed by atoms with Crippen molar-refractivity contribution in [2.24, 2.45) is 0 Å². The highest BCUT2D eigenvalue weighted by Crippen LogP contribution is 2.31. The molecular weight excluding hydrogens is 214 g/mol. The topological polar surface area (TPSA) is 30.3 Å². The number of hydrogen-bond donors (Lipinski definition) is 0. The van der Waals surface area contributed by atoms with Gasteiger partial charge in [0, 0.05) is 5.39 Å². The zero-order valence-corrected chi connectivity index (χ0v) is 10.3. The first-order valence-electron chi connectivity index (χ1n) is 6.08. The summed E-state index contributed by atoms with van der Waals surface area (Å²) in [5, 5.41) is 5.84. The first-order chi connectivity index (χ1) is 8.31. The summed E-state index contributed by atoms with van der Waals surface area (Å²) in [4.78, 5) is 2.21. The summed E-state index contributed by atoms with van der Waals surface area (Å²) in [6.45, 7) is 4.68. The van der Waals surface area contributed by atoms with Gasteiger partial charge in [0.05, 0.1) is 24.4 Å². The van der Waals surface area contributed by atoms with Crippen LogP contribution in [0.25, 0.3) is 10.9 Å². The Morgan fingerprint density at radius 2 is 2.29 bits per heavy atom. The predicted octanol–water partition coefficient (Wildman–Crippen LogP) is 2.02. The van der Waals surface area contributed by atoms with Crippen LogP contribution in [0.1, 0.15) is 18.8 Å². The molecule has 2 heterocycles. The van der Waals surface area contributed by atoms with E-state index < -0.39 is 0 Å². The molecule has 0 radical (unpaired) electrons. The average Bonchev–Trinajstić information content (AvgIpc) is 2.76. The minimum atomic E-state index is 0.0288. The molecule has 0 saturated carbocycles. The van der Waals surface area contributed by atoms with E-state index in [-0.39, 0.29) is 6.23 Å². The van der Waals surface area contributed by atoms with E-state index in [4.69, 9.17) is 4.74 Å². The lowest BCUT2D eigenvalue weighted by molar-refractivity contribution is -0.0729. The summed E-state index contributed by atoms with van der Waals surface area (Å²) in [7, 11) is 2.09. The summed E-state index contributed by atoms with van der Waals surface area (Å²) in [5.41, 5.74) is 2.25. The van der Waals surface area contributed by atoms with E-state index in [1.165, 1.54) is 11.1 Å². The molecule has 1 unspecified atom stereocenters. The van der Waals surface area contributed by atoms with Gasteiger partial charge in [-0.3, -0.25) is 9.58 Å². The van der Waals surface area contributed by atoms with E-state index in [9.17, 15) is 0 Å². The molecule has 90 valence electrons. The Hall–Kier alpha value is -1.39. The third-order valence-electron chi connectivity index (χ3n) is 3.40. The molecule has 4 heteroatoms. The summed E-state index contributed by atoms with van der Waals surface area (Å²) < 4.78 is 7.98. The smallest absolute Gasteiger partial charge is 0.153 e. The Morgan fingerprint density at radius 1 is 1.47 bits per heavy atom. The Kier molecular flexibility index (Phi) is 2.61. The normalized spacial score (nSPS) is 19.8. The van der Waals surface area contributed by atoms with Crippen LogP contribution < -0.4 is 0 Å². The van der Waals surface area contributed by atoms with Crippen LogP contribution in [0.4, 0.5) is 0 Å². The molecule has 0 spiro atoms. The van der Waals surface area contributed by atoms with E-state index in [0.29, 0.717) is 0 Å². The Bertz CT molecular complexity index is 534. The summed E-state index contributed by atoms with van der Waals surface area (Å²) >= 11 is 0. The van der Waals surface area contributed by atoms with Gasteiger partial charge in [-0.05, 0) is 19.7 Å². The fraction of sp³-hybridized carbons (Fsp3) is 0.462. The van der Waals surface area contributed by atoms with Crippen molar-refractivity contribution in [3.8, 4) is 0 Å². The second-order valence-electron chi connectivity index (χ2n) is 4.42. The number of rotatable bonds is 2. The van der Waals surface area contributed by atoms with Gasteiger partial charge in [-0.1, -0.05) is 25.1 Å². The quantitative estimate of drug-likeness (QED) is 0.792. The molecule has 0 amide bonds. The van der Waals surface area contributed by atoms with Gasteiger partial charge >= 0.3 is 0 Å². The van der Waals surface area contributed by atoms with E-state index in [1.54, 1.807) is 0 Å². The van der Waals surface area contributed by atoms with E-state index in [1.807, 2.05) is 6.07 Å². The van der Waals surface area contributed by atoms with Crippen LogP contribution in [0.15, 0.2) is 24.3 Å². The van der Waals surface area contributed by atoms with Crippen molar-refractivity contribution >= 4 is 10.9 Å². The van der Waals surface area contributed by atoms with Crippen LogP contribution in [-0.2, 0) is 11.3 Å². The van der Waals surface area contributed by atoms with Crippen molar-refractivity contribution in [1.82, 2.24) is 14.7 Å². The molecule has 4 nitrogen and oxygen atoms in total. The zero-order chi connectivity index (χ0) is 11.8. The van der Waals surface area contributed by atoms with Crippen LogP contribution >= 0.6 is 0 Å². The molecule has 0 fully saturated rings. The van der Waals surface area contributed by atoms with Crippen LogP contribution in [-0.4, -0.2) is 34.9 Å². The predicted molar refractivity (Wildman–Crippen MR) is 66.7 cm³/mol. The highest BCUT2D eigenvalue weighted by atomic mass is 16.5. The Labute approximate surface area is 101 Å². The molecule has 17 heavy (non-hydrogen) atoms. The van der Waals surface area contributed by atoms with Gasteiger partial charge in [-0.15, -0.1) is 0 Å². The summed E-state index contributed by atoms with van der Waals surface area (Å²) in [6.07, 6.45) is 0.0288. The Balaban J connectivity index is 2.17. The third-order valence-corrected chi connectivity index (χ3v) is 3.40. The molecule has 0 bridgehead atoms. The van der Waals surface area contributed by atoms with Gasteiger partial charge in [0.1, 0.15) is 0 Å². The zero-order valence-electron chi connectivity index (χ0n) is 10.3. The van der Waals surface area contributed by atoms with Gasteiger partial charge in [0.15, 0.2) is 6.23 Å². The second kappa shape index (κ2) is 4.13. The maximum absolute atomic E-state index is 5.89. The molecule has 1 aromatic heterocycles. The van der Waals surface area contributed by atoms with Gasteiger partial charge in [-0.2, -0.15) is 5.10 Å². The standard InChI is InChI=1S/C13H17N3O/c1-3-15(2)13-12-10-6-4-5-7-11(10)14-16(12)8-9-17-13/h4-7,13H,3,8-9H2,1-2H3. The summed E-state index contributed by atoms with van der Waals surface area (Å²) in [5.74, 6) is 0. The first kappa shape index (κ1) is 10.7. The van der Waals surface area contributed by atoms with Crippen molar-refractivity contribution < 1.29 is 4.74 Å². The van der Waals surface area contributed by atoms with E-state index in [0.717, 1.165) is 25.2 Å². The minimum absolute atomic E-state index is 0.0288. The van der Waals surface area contributed by atoms with Crippen LogP contribution in [0, 0.1) is 0 Å². The molecule has 0 saturated heterocycles. The van der Waals surface area contributed by atoms with Crippen molar-refractivity contribution in [2.75, 3.05) is 20.2 Å². The Morgan fingerprint density at radius 3 is 3.12 bits per heavy atom. The van der Waals surface area contributed by atoms with Crippen molar-refractivity contribution in [3.63, 3.8) is 0 Å². The second-order valence-corrected chi connectivity index (χ2v) is 4.42. The number of ether oxygens (including phenoxy) is 1. The maximum atomic E-state index is 5.89. The number of aromatic nitrogens is 2. The number of hydrogen-bond acceptors (Lipinski definition) is 3. The lowest BCUT2D eigenvalue weighted by Gasteiger charge is -2.31. The third kappa shape index (κ3) is 1.64. The van der Waals surface area contributed by atoms with Crippen molar-refractivity contribution in [3.05, 3.63) is 30.0 Å².